The summed E-state index contributed by atoms with van der Waals surface area (Å²) in [5.74, 6) is 0.816. The lowest BCUT2D eigenvalue weighted by molar-refractivity contribution is 0.0698. The van der Waals surface area contributed by atoms with Crippen molar-refractivity contribution in [3.8, 4) is 23.0 Å². The van der Waals surface area contributed by atoms with Gasteiger partial charge in [-0.05, 0) is 30.5 Å². The average Bonchev–Trinajstić information content (AvgIpc) is 2.65. The Morgan fingerprint density at radius 1 is 0.923 bits per heavy atom. The number of hydrogen-bond donors (Lipinski definition) is 1. The zero-order valence-electron chi connectivity index (χ0n) is 15.1. The first-order valence-electron chi connectivity index (χ1n) is 8.11. The van der Waals surface area contributed by atoms with Crippen molar-refractivity contribution in [2.24, 2.45) is 0 Å². The molecule has 6 nitrogen and oxygen atoms in total. The smallest absolute Gasteiger partial charge is 0.336 e. The third-order valence-electron chi connectivity index (χ3n) is 4.27. The van der Waals surface area contributed by atoms with E-state index in [-0.39, 0.29) is 5.56 Å². The third kappa shape index (κ3) is 2.63. The molecule has 136 valence electrons. The van der Waals surface area contributed by atoms with Gasteiger partial charge in [-0.3, -0.25) is 0 Å². The van der Waals surface area contributed by atoms with E-state index in [0.717, 1.165) is 5.39 Å². The summed E-state index contributed by atoms with van der Waals surface area (Å²) in [5.41, 5.74) is 0.112. The van der Waals surface area contributed by atoms with Crippen LogP contribution < -0.4 is 18.9 Å². The number of ether oxygens (including phenoxy) is 4. The fourth-order valence-electron chi connectivity index (χ4n) is 3.24. The minimum atomic E-state index is -1.06. The molecule has 0 fully saturated rings. The van der Waals surface area contributed by atoms with Crippen LogP contribution >= 0.6 is 0 Å². The Morgan fingerprint density at radius 2 is 1.62 bits per heavy atom. The summed E-state index contributed by atoms with van der Waals surface area (Å²) in [6.45, 7) is 2.23. The van der Waals surface area contributed by atoms with Crippen molar-refractivity contribution in [2.45, 2.75) is 6.92 Å². The van der Waals surface area contributed by atoms with Crippen LogP contribution in [-0.2, 0) is 0 Å². The van der Waals surface area contributed by atoms with Crippen LogP contribution in [0.5, 0.6) is 23.0 Å². The summed E-state index contributed by atoms with van der Waals surface area (Å²) in [4.78, 5) is 12.0. The molecule has 0 bridgehead atoms. The Kier molecular flexibility index (Phi) is 4.75. The summed E-state index contributed by atoms with van der Waals surface area (Å²) in [7, 11) is 4.60. The summed E-state index contributed by atoms with van der Waals surface area (Å²) < 4.78 is 22.1. The van der Waals surface area contributed by atoms with Crippen LogP contribution in [0.3, 0.4) is 0 Å². The molecule has 3 aromatic rings. The molecule has 0 aliphatic rings. The molecule has 1 N–H and O–H groups in total. The summed E-state index contributed by atoms with van der Waals surface area (Å²) in [6, 6.07) is 8.87. The van der Waals surface area contributed by atoms with Crippen molar-refractivity contribution in [1.82, 2.24) is 0 Å². The quantitative estimate of drug-likeness (QED) is 0.670. The summed E-state index contributed by atoms with van der Waals surface area (Å²) in [5, 5.41) is 12.5. The molecular formula is C20H20O6. The number of methoxy groups -OCH3 is 3. The fourth-order valence-corrected chi connectivity index (χ4v) is 3.24. The molecule has 26 heavy (non-hydrogen) atoms. The van der Waals surface area contributed by atoms with Gasteiger partial charge in [0.1, 0.15) is 0 Å². The van der Waals surface area contributed by atoms with Gasteiger partial charge in [0.2, 0.25) is 0 Å². The number of aromatic carboxylic acids is 1. The van der Waals surface area contributed by atoms with E-state index < -0.39 is 5.97 Å². The van der Waals surface area contributed by atoms with Crippen LogP contribution in [0, 0.1) is 0 Å². The normalized spacial score (nSPS) is 10.8. The average molecular weight is 356 g/mol. The molecule has 0 saturated heterocycles. The maximum atomic E-state index is 12.0. The second-order valence-corrected chi connectivity index (χ2v) is 5.58. The van der Waals surface area contributed by atoms with Crippen LogP contribution in [0.2, 0.25) is 0 Å². The molecule has 3 aromatic carbocycles. The molecule has 0 aliphatic carbocycles. The van der Waals surface area contributed by atoms with Crippen molar-refractivity contribution in [1.29, 1.82) is 0 Å². The van der Waals surface area contributed by atoms with E-state index in [9.17, 15) is 9.90 Å². The zero-order valence-corrected chi connectivity index (χ0v) is 15.1. The van der Waals surface area contributed by atoms with Crippen molar-refractivity contribution >= 4 is 27.5 Å². The predicted octanol–water partition coefficient (Wildman–Crippen LogP) is 4.12. The second kappa shape index (κ2) is 7.00. The number of fused-ring (bicyclic) bond motifs is 3. The van der Waals surface area contributed by atoms with Gasteiger partial charge in [0.15, 0.2) is 23.0 Å². The van der Waals surface area contributed by atoms with Gasteiger partial charge in [0.25, 0.3) is 0 Å². The van der Waals surface area contributed by atoms with E-state index in [1.807, 2.05) is 25.1 Å². The topological polar surface area (TPSA) is 74.2 Å². The zero-order chi connectivity index (χ0) is 18.8. The molecule has 0 amide bonds. The number of hydrogen-bond acceptors (Lipinski definition) is 5. The summed E-state index contributed by atoms with van der Waals surface area (Å²) >= 11 is 0. The number of benzene rings is 3. The van der Waals surface area contributed by atoms with Gasteiger partial charge in [-0.2, -0.15) is 0 Å². The lowest BCUT2D eigenvalue weighted by Crippen LogP contribution is -2.04. The number of rotatable bonds is 6. The van der Waals surface area contributed by atoms with Crippen molar-refractivity contribution in [2.75, 3.05) is 27.9 Å². The van der Waals surface area contributed by atoms with Crippen molar-refractivity contribution in [3.05, 3.63) is 35.9 Å². The van der Waals surface area contributed by atoms with Gasteiger partial charge in [-0.1, -0.05) is 12.1 Å². The van der Waals surface area contributed by atoms with Gasteiger partial charge in [0, 0.05) is 16.2 Å². The van der Waals surface area contributed by atoms with E-state index in [1.165, 1.54) is 20.3 Å². The van der Waals surface area contributed by atoms with Gasteiger partial charge in [-0.25, -0.2) is 4.79 Å². The predicted molar refractivity (Wildman–Crippen MR) is 99.2 cm³/mol. The van der Waals surface area contributed by atoms with E-state index in [4.69, 9.17) is 18.9 Å². The van der Waals surface area contributed by atoms with Crippen molar-refractivity contribution in [3.63, 3.8) is 0 Å². The molecule has 0 atom stereocenters. The van der Waals surface area contributed by atoms with Crippen molar-refractivity contribution < 1.29 is 28.8 Å². The Balaban J connectivity index is 2.59. The first-order chi connectivity index (χ1) is 12.6. The standard InChI is InChI=1S/C20H20O6/c1-5-26-15-10-13(20(21)22)17-12(18(15)24-3)8-6-11-7-9-14(23-2)19(25-4)16(11)17/h6-10H,5H2,1-4H3,(H,21,22). The highest BCUT2D eigenvalue weighted by molar-refractivity contribution is 6.20. The number of carboxylic acid groups (broad SMARTS) is 1. The highest BCUT2D eigenvalue weighted by Gasteiger charge is 2.22. The third-order valence-corrected chi connectivity index (χ3v) is 4.27. The lowest BCUT2D eigenvalue weighted by atomic mass is 9.95. The molecule has 6 heteroatoms. The van der Waals surface area contributed by atoms with Crippen LogP contribution in [0.15, 0.2) is 30.3 Å². The van der Waals surface area contributed by atoms with Gasteiger partial charge < -0.3 is 24.1 Å². The minimum absolute atomic E-state index is 0.112. The molecule has 0 radical (unpaired) electrons. The fraction of sp³-hybridized carbons (Fsp3) is 0.250. The summed E-state index contributed by atoms with van der Waals surface area (Å²) in [6.07, 6.45) is 0. The van der Waals surface area contributed by atoms with Crippen LogP contribution in [-0.4, -0.2) is 39.0 Å². The molecule has 0 saturated carbocycles. The van der Waals surface area contributed by atoms with Crippen LogP contribution in [0.1, 0.15) is 17.3 Å². The van der Waals surface area contributed by atoms with Gasteiger partial charge >= 0.3 is 5.97 Å². The van der Waals surface area contributed by atoms with E-state index in [0.29, 0.717) is 45.8 Å². The highest BCUT2D eigenvalue weighted by atomic mass is 16.5. The van der Waals surface area contributed by atoms with Crippen LogP contribution in [0.4, 0.5) is 0 Å². The molecular weight excluding hydrogens is 336 g/mol. The SMILES string of the molecule is CCOc1cc(C(=O)O)c2c(ccc3ccc(OC)c(OC)c32)c1OC. The number of carbonyl (C=O) groups is 1. The highest BCUT2D eigenvalue weighted by Crippen LogP contribution is 2.46. The molecule has 0 unspecified atom stereocenters. The second-order valence-electron chi connectivity index (χ2n) is 5.58. The molecule has 0 spiro atoms. The molecule has 0 aliphatic heterocycles. The Bertz CT molecular complexity index is 993. The first kappa shape index (κ1) is 17.7. The maximum Gasteiger partial charge on any atom is 0.336 e. The first-order valence-corrected chi connectivity index (χ1v) is 8.11. The monoisotopic (exact) mass is 356 g/mol. The largest absolute Gasteiger partial charge is 0.493 e. The molecule has 0 aromatic heterocycles. The van der Waals surface area contributed by atoms with E-state index in [2.05, 4.69) is 0 Å². The number of carboxylic acids is 1. The van der Waals surface area contributed by atoms with E-state index >= 15 is 0 Å². The molecule has 0 heterocycles. The maximum absolute atomic E-state index is 12.0. The van der Waals surface area contributed by atoms with Gasteiger partial charge in [-0.15, -0.1) is 0 Å². The minimum Gasteiger partial charge on any atom is -0.493 e. The Morgan fingerprint density at radius 3 is 2.19 bits per heavy atom. The lowest BCUT2D eigenvalue weighted by Gasteiger charge is -2.18. The van der Waals surface area contributed by atoms with Crippen LogP contribution in [0.25, 0.3) is 21.5 Å². The Hall–Kier alpha value is -3.15. The van der Waals surface area contributed by atoms with Gasteiger partial charge in [0.05, 0.1) is 33.5 Å². The Labute approximate surface area is 150 Å². The molecule has 3 rings (SSSR count). The van der Waals surface area contributed by atoms with E-state index in [1.54, 1.807) is 13.2 Å².